The minimum atomic E-state index is 0.605. The molecule has 0 radical (unpaired) electrons. The van der Waals surface area contributed by atoms with Crippen LogP contribution in [0, 0.1) is 0 Å². The molecule has 2 aromatic heterocycles. The van der Waals surface area contributed by atoms with Crippen molar-refractivity contribution in [3.05, 3.63) is 60.8 Å². The molecular weight excluding hydrogens is 436 g/mol. The third-order valence-corrected chi connectivity index (χ3v) is 7.09. The number of aryl methyl sites for hydroxylation is 1. The van der Waals surface area contributed by atoms with Gasteiger partial charge in [-0.3, -0.25) is 4.90 Å². The van der Waals surface area contributed by atoms with Crippen LogP contribution in [0.1, 0.15) is 13.8 Å². The topological polar surface area (TPSA) is 42.8 Å². The van der Waals surface area contributed by atoms with Gasteiger partial charge in [0.05, 0.1) is 19.9 Å². The van der Waals surface area contributed by atoms with Gasteiger partial charge in [-0.1, -0.05) is 18.2 Å². The van der Waals surface area contributed by atoms with Crippen LogP contribution in [0.4, 0.5) is 5.69 Å². The van der Waals surface area contributed by atoms with Crippen molar-refractivity contribution in [3.8, 4) is 33.9 Å². The molecule has 1 saturated heterocycles. The maximum atomic E-state index is 5.58. The molecule has 0 atom stereocenters. The third kappa shape index (κ3) is 4.46. The fourth-order valence-corrected chi connectivity index (χ4v) is 4.96. The van der Waals surface area contributed by atoms with Crippen LogP contribution in [0.25, 0.3) is 33.4 Å². The smallest absolute Gasteiger partial charge is 0.161 e. The summed E-state index contributed by atoms with van der Waals surface area (Å²) in [6.45, 7) is 8.88. The lowest BCUT2D eigenvalue weighted by atomic mass is 9.97. The molecule has 0 N–H and O–H groups in total. The highest BCUT2D eigenvalue weighted by Gasteiger charge is 2.20. The molecule has 0 aliphatic carbocycles. The Labute approximate surface area is 207 Å². The van der Waals surface area contributed by atoms with E-state index in [0.717, 1.165) is 59.6 Å². The Hall–Kier alpha value is -3.51. The van der Waals surface area contributed by atoms with Gasteiger partial charge in [-0.05, 0) is 55.8 Å². The van der Waals surface area contributed by atoms with Gasteiger partial charge in [0.25, 0.3) is 0 Å². The first-order valence-electron chi connectivity index (χ1n) is 12.3. The molecule has 182 valence electrons. The summed E-state index contributed by atoms with van der Waals surface area (Å²) in [6, 6.07) is 19.8. The van der Waals surface area contributed by atoms with Crippen molar-refractivity contribution in [2.45, 2.75) is 19.9 Å². The normalized spacial score (nSPS) is 14.6. The first kappa shape index (κ1) is 23.2. The van der Waals surface area contributed by atoms with Crippen LogP contribution < -0.4 is 14.4 Å². The third-order valence-electron chi connectivity index (χ3n) is 7.09. The summed E-state index contributed by atoms with van der Waals surface area (Å²) in [4.78, 5) is 10.1. The predicted octanol–water partition coefficient (Wildman–Crippen LogP) is 5.45. The second kappa shape index (κ2) is 9.62. The Bertz CT molecular complexity index is 1320. The van der Waals surface area contributed by atoms with E-state index in [1.807, 2.05) is 19.2 Å². The fourth-order valence-electron chi connectivity index (χ4n) is 4.96. The van der Waals surface area contributed by atoms with Crippen molar-refractivity contribution in [1.82, 2.24) is 14.5 Å². The average Bonchev–Trinajstić information content (AvgIpc) is 3.27. The van der Waals surface area contributed by atoms with Gasteiger partial charge in [-0.25, -0.2) is 4.98 Å². The summed E-state index contributed by atoms with van der Waals surface area (Å²) in [7, 11) is 5.36. The lowest BCUT2D eigenvalue weighted by Crippen LogP contribution is -2.48. The van der Waals surface area contributed by atoms with E-state index in [4.69, 9.17) is 14.5 Å². The van der Waals surface area contributed by atoms with Crippen LogP contribution in [0.3, 0.4) is 0 Å². The van der Waals surface area contributed by atoms with Gasteiger partial charge < -0.3 is 18.9 Å². The van der Waals surface area contributed by atoms with E-state index in [9.17, 15) is 0 Å². The summed E-state index contributed by atoms with van der Waals surface area (Å²) >= 11 is 0. The minimum absolute atomic E-state index is 0.605. The standard InChI is InChI=1S/C29H34N4O2/c1-20(2)32-14-16-33(17-15-32)24-9-6-21(7-10-24)28-25(18-23-12-13-31(3)29(23)30-28)22-8-11-26(34-4)27(19-22)35-5/h6-13,18-20H,14-17H2,1-5H3. The van der Waals surface area contributed by atoms with Crippen molar-refractivity contribution < 1.29 is 9.47 Å². The van der Waals surface area contributed by atoms with Crippen LogP contribution in [-0.2, 0) is 7.05 Å². The number of benzene rings is 2. The molecule has 5 rings (SSSR count). The molecule has 6 heteroatoms. The van der Waals surface area contributed by atoms with E-state index in [0.29, 0.717) is 17.5 Å². The van der Waals surface area contributed by atoms with E-state index >= 15 is 0 Å². The average molecular weight is 471 g/mol. The number of methoxy groups -OCH3 is 2. The number of nitrogens with zero attached hydrogens (tertiary/aromatic N) is 4. The van der Waals surface area contributed by atoms with Gasteiger partial charge in [0.2, 0.25) is 0 Å². The van der Waals surface area contributed by atoms with Crippen LogP contribution in [0.5, 0.6) is 11.5 Å². The van der Waals surface area contributed by atoms with Crippen LogP contribution in [-0.4, -0.2) is 60.9 Å². The van der Waals surface area contributed by atoms with Crippen LogP contribution in [0.2, 0.25) is 0 Å². The number of fused-ring (bicyclic) bond motifs is 1. The Morgan fingerprint density at radius 2 is 1.49 bits per heavy atom. The first-order valence-corrected chi connectivity index (χ1v) is 12.3. The predicted molar refractivity (Wildman–Crippen MR) is 144 cm³/mol. The first-order chi connectivity index (χ1) is 17.0. The van der Waals surface area contributed by atoms with Crippen LogP contribution in [0.15, 0.2) is 60.8 Å². The Morgan fingerprint density at radius 3 is 2.14 bits per heavy atom. The van der Waals surface area contributed by atoms with Crippen molar-refractivity contribution in [3.63, 3.8) is 0 Å². The summed E-state index contributed by atoms with van der Waals surface area (Å²) in [6.07, 6.45) is 2.06. The van der Waals surface area contributed by atoms with E-state index in [1.165, 1.54) is 5.69 Å². The number of hydrogen-bond donors (Lipinski definition) is 0. The highest BCUT2D eigenvalue weighted by molar-refractivity contribution is 5.91. The largest absolute Gasteiger partial charge is 0.493 e. The van der Waals surface area contributed by atoms with Gasteiger partial charge in [0.1, 0.15) is 5.65 Å². The molecular formula is C29H34N4O2. The summed E-state index contributed by atoms with van der Waals surface area (Å²) in [5, 5.41) is 1.11. The monoisotopic (exact) mass is 470 g/mol. The van der Waals surface area contributed by atoms with E-state index in [-0.39, 0.29) is 0 Å². The van der Waals surface area contributed by atoms with Crippen LogP contribution >= 0.6 is 0 Å². The van der Waals surface area contributed by atoms with Crippen molar-refractivity contribution in [2.75, 3.05) is 45.3 Å². The second-order valence-electron chi connectivity index (χ2n) is 9.46. The molecule has 2 aromatic carbocycles. The molecule has 0 amide bonds. The van der Waals surface area contributed by atoms with Gasteiger partial charge in [-0.2, -0.15) is 0 Å². The Morgan fingerprint density at radius 1 is 0.800 bits per heavy atom. The molecule has 0 bridgehead atoms. The van der Waals surface area contributed by atoms with Gasteiger partial charge in [0.15, 0.2) is 11.5 Å². The molecule has 3 heterocycles. The number of ether oxygens (including phenoxy) is 2. The van der Waals surface area contributed by atoms with E-state index in [2.05, 4.69) is 76.9 Å². The fraction of sp³-hybridized carbons (Fsp3) is 0.345. The lowest BCUT2D eigenvalue weighted by molar-refractivity contribution is 0.209. The minimum Gasteiger partial charge on any atom is -0.493 e. The Kier molecular flexibility index (Phi) is 6.39. The number of aromatic nitrogens is 2. The molecule has 0 saturated carbocycles. The summed E-state index contributed by atoms with van der Waals surface area (Å²) in [5.74, 6) is 1.42. The lowest BCUT2D eigenvalue weighted by Gasteiger charge is -2.38. The number of hydrogen-bond acceptors (Lipinski definition) is 5. The number of pyridine rings is 1. The zero-order valence-corrected chi connectivity index (χ0v) is 21.3. The number of anilines is 1. The SMILES string of the molecule is COc1ccc(-c2cc3ccn(C)c3nc2-c2ccc(N3CCN(C(C)C)CC3)cc2)cc1OC. The van der Waals surface area contributed by atoms with Crippen molar-refractivity contribution in [1.29, 1.82) is 0 Å². The van der Waals surface area contributed by atoms with Gasteiger partial charge in [-0.15, -0.1) is 0 Å². The van der Waals surface area contributed by atoms with Gasteiger partial charge >= 0.3 is 0 Å². The van der Waals surface area contributed by atoms with Crippen molar-refractivity contribution >= 4 is 16.7 Å². The maximum Gasteiger partial charge on any atom is 0.161 e. The van der Waals surface area contributed by atoms with E-state index in [1.54, 1.807) is 14.2 Å². The van der Waals surface area contributed by atoms with Gasteiger partial charge in [0, 0.05) is 67.7 Å². The molecule has 4 aromatic rings. The molecule has 6 nitrogen and oxygen atoms in total. The molecule has 1 aliphatic rings. The molecule has 35 heavy (non-hydrogen) atoms. The quantitative estimate of drug-likeness (QED) is 0.375. The van der Waals surface area contributed by atoms with Crippen molar-refractivity contribution in [2.24, 2.45) is 7.05 Å². The Balaban J connectivity index is 1.53. The number of piperazine rings is 1. The highest BCUT2D eigenvalue weighted by atomic mass is 16.5. The molecule has 1 aliphatic heterocycles. The zero-order valence-electron chi connectivity index (χ0n) is 21.3. The second-order valence-corrected chi connectivity index (χ2v) is 9.46. The maximum absolute atomic E-state index is 5.58. The molecule has 0 spiro atoms. The molecule has 0 unspecified atom stereocenters. The summed E-state index contributed by atoms with van der Waals surface area (Å²) < 4.78 is 13.1. The highest BCUT2D eigenvalue weighted by Crippen LogP contribution is 2.38. The molecule has 1 fully saturated rings. The number of rotatable bonds is 6. The summed E-state index contributed by atoms with van der Waals surface area (Å²) in [5.41, 5.74) is 6.42. The zero-order chi connectivity index (χ0) is 24.5. The van der Waals surface area contributed by atoms with E-state index < -0.39 is 0 Å².